The molecule has 0 aliphatic carbocycles. The van der Waals surface area contributed by atoms with Gasteiger partial charge in [-0.1, -0.05) is 29.8 Å². The molecule has 8 heteroatoms. The minimum absolute atomic E-state index is 0. The van der Waals surface area contributed by atoms with Crippen LogP contribution in [0, 0.1) is 5.92 Å². The van der Waals surface area contributed by atoms with Gasteiger partial charge in [-0.3, -0.25) is 0 Å². The summed E-state index contributed by atoms with van der Waals surface area (Å²) in [7, 11) is -0.589. The highest BCUT2D eigenvalue weighted by Crippen LogP contribution is 2.29. The number of hydrogen-bond donors (Lipinski definition) is 1. The van der Waals surface area contributed by atoms with E-state index in [1.807, 2.05) is 13.8 Å². The molecule has 0 aliphatic rings. The summed E-state index contributed by atoms with van der Waals surface area (Å²) in [5.74, 6) is 0.653. The van der Waals surface area contributed by atoms with Gasteiger partial charge in [-0.25, -0.2) is 12.7 Å². The van der Waals surface area contributed by atoms with Crippen LogP contribution in [-0.2, 0) is 10.0 Å². The lowest BCUT2D eigenvalue weighted by Crippen LogP contribution is -2.34. The molecule has 0 aromatic heterocycles. The maximum absolute atomic E-state index is 12.6. The van der Waals surface area contributed by atoms with Crippen LogP contribution in [0.5, 0.6) is 5.75 Å². The van der Waals surface area contributed by atoms with Gasteiger partial charge < -0.3 is 10.5 Å². The van der Waals surface area contributed by atoms with Crippen LogP contribution in [0.3, 0.4) is 0 Å². The van der Waals surface area contributed by atoms with Crippen molar-refractivity contribution in [1.82, 2.24) is 4.31 Å². The van der Waals surface area contributed by atoms with E-state index < -0.39 is 10.0 Å². The summed E-state index contributed by atoms with van der Waals surface area (Å²) in [4.78, 5) is 0.153. The second kappa shape index (κ2) is 9.08. The molecule has 1 atom stereocenters. The van der Waals surface area contributed by atoms with Gasteiger partial charge in [0.25, 0.3) is 0 Å². The summed E-state index contributed by atoms with van der Waals surface area (Å²) in [6, 6.07) is 4.90. The van der Waals surface area contributed by atoms with Crippen molar-refractivity contribution in [3.05, 3.63) is 22.7 Å². The van der Waals surface area contributed by atoms with E-state index in [2.05, 4.69) is 15.9 Å². The van der Waals surface area contributed by atoms with E-state index >= 15 is 0 Å². The van der Waals surface area contributed by atoms with Crippen molar-refractivity contribution in [2.45, 2.75) is 31.2 Å². The van der Waals surface area contributed by atoms with Crippen molar-refractivity contribution in [3.63, 3.8) is 0 Å². The fraction of sp³-hybridized carbons (Fsp3) is 0.571. The summed E-state index contributed by atoms with van der Waals surface area (Å²) in [6.45, 7) is 4.42. The average Bonchev–Trinajstić information content (AvgIpc) is 2.43. The molecule has 0 amide bonds. The molecule has 0 radical (unpaired) electrons. The molecular weight excluding hydrogens is 392 g/mol. The summed E-state index contributed by atoms with van der Waals surface area (Å²) < 4.78 is 32.4. The van der Waals surface area contributed by atoms with E-state index in [1.165, 1.54) is 11.4 Å². The number of rotatable bonds is 7. The smallest absolute Gasteiger partial charge is 0.246 e. The molecule has 0 saturated heterocycles. The SMILES string of the molecule is COc1ccc(Br)cc1S(=O)(=O)N(C)CCC(N)C(C)C.Cl. The first-order valence-corrected chi connectivity index (χ1v) is 8.99. The Labute approximate surface area is 147 Å². The van der Waals surface area contributed by atoms with Crippen molar-refractivity contribution in [1.29, 1.82) is 0 Å². The van der Waals surface area contributed by atoms with E-state index in [0.717, 1.165) is 0 Å². The Kier molecular flexibility index (Phi) is 8.94. The highest BCUT2D eigenvalue weighted by Gasteiger charge is 2.25. The number of benzene rings is 1. The van der Waals surface area contributed by atoms with Crippen LogP contribution in [0.1, 0.15) is 20.3 Å². The zero-order chi connectivity index (χ0) is 16.2. The Morgan fingerprint density at radius 3 is 2.45 bits per heavy atom. The molecule has 1 rings (SSSR count). The molecule has 1 unspecified atom stereocenters. The van der Waals surface area contributed by atoms with Gasteiger partial charge in [-0.2, -0.15) is 0 Å². The zero-order valence-corrected chi connectivity index (χ0v) is 16.5. The first-order chi connectivity index (χ1) is 9.70. The molecular formula is C14H24BrClN2O3S. The maximum atomic E-state index is 12.6. The van der Waals surface area contributed by atoms with Crippen LogP contribution in [0.4, 0.5) is 0 Å². The van der Waals surface area contributed by atoms with Crippen LogP contribution in [0.2, 0.25) is 0 Å². The minimum atomic E-state index is -3.60. The van der Waals surface area contributed by atoms with Gasteiger partial charge in [0.05, 0.1) is 7.11 Å². The molecule has 0 spiro atoms. The van der Waals surface area contributed by atoms with Gasteiger partial charge in [0.2, 0.25) is 10.0 Å². The molecule has 0 bridgehead atoms. The summed E-state index contributed by atoms with van der Waals surface area (Å²) in [5, 5.41) is 0. The molecule has 1 aromatic rings. The predicted octanol–water partition coefficient (Wildman–Crippen LogP) is 2.87. The molecule has 22 heavy (non-hydrogen) atoms. The summed E-state index contributed by atoms with van der Waals surface area (Å²) in [6.07, 6.45) is 0.615. The number of halogens is 2. The van der Waals surface area contributed by atoms with E-state index in [-0.39, 0.29) is 23.3 Å². The van der Waals surface area contributed by atoms with Gasteiger partial charge in [0, 0.05) is 24.1 Å². The quantitative estimate of drug-likeness (QED) is 0.743. The standard InChI is InChI=1S/C14H23BrN2O3S.ClH/c1-10(2)12(16)7-8-17(3)21(18,19)14-9-11(15)5-6-13(14)20-4;/h5-6,9-10,12H,7-8,16H2,1-4H3;1H. The van der Waals surface area contributed by atoms with Crippen molar-refractivity contribution in [2.24, 2.45) is 11.7 Å². The van der Waals surface area contributed by atoms with Crippen LogP contribution in [-0.4, -0.2) is 39.5 Å². The lowest BCUT2D eigenvalue weighted by molar-refractivity contribution is 0.386. The van der Waals surface area contributed by atoms with E-state index in [9.17, 15) is 8.42 Å². The molecule has 0 heterocycles. The lowest BCUT2D eigenvalue weighted by atomic mass is 10.0. The van der Waals surface area contributed by atoms with Crippen molar-refractivity contribution in [3.8, 4) is 5.75 Å². The molecule has 0 fully saturated rings. The monoisotopic (exact) mass is 414 g/mol. The Hall–Kier alpha value is -0.340. The van der Waals surface area contributed by atoms with Crippen molar-refractivity contribution < 1.29 is 13.2 Å². The summed E-state index contributed by atoms with van der Waals surface area (Å²) >= 11 is 3.29. The topological polar surface area (TPSA) is 72.6 Å². The highest BCUT2D eigenvalue weighted by molar-refractivity contribution is 9.10. The number of ether oxygens (including phenoxy) is 1. The van der Waals surface area contributed by atoms with Crippen molar-refractivity contribution in [2.75, 3.05) is 20.7 Å². The number of nitrogens with two attached hydrogens (primary N) is 1. The first-order valence-electron chi connectivity index (χ1n) is 6.75. The fourth-order valence-corrected chi connectivity index (χ4v) is 3.68. The first kappa shape index (κ1) is 21.7. The third-order valence-corrected chi connectivity index (χ3v) is 5.82. The van der Waals surface area contributed by atoms with Gasteiger partial charge in [0.15, 0.2) is 0 Å². The van der Waals surface area contributed by atoms with E-state index in [4.69, 9.17) is 10.5 Å². The summed E-state index contributed by atoms with van der Waals surface area (Å²) in [5.41, 5.74) is 5.97. The van der Waals surface area contributed by atoms with Crippen LogP contribution in [0.15, 0.2) is 27.6 Å². The largest absolute Gasteiger partial charge is 0.495 e. The van der Waals surface area contributed by atoms with Crippen LogP contribution in [0.25, 0.3) is 0 Å². The number of hydrogen-bond acceptors (Lipinski definition) is 4. The normalized spacial score (nSPS) is 13.1. The van der Waals surface area contributed by atoms with E-state index in [0.29, 0.717) is 29.1 Å². The second-order valence-electron chi connectivity index (χ2n) is 5.32. The van der Waals surface area contributed by atoms with E-state index in [1.54, 1.807) is 25.2 Å². The van der Waals surface area contributed by atoms with Crippen LogP contribution >= 0.6 is 28.3 Å². The predicted molar refractivity (Wildman–Crippen MR) is 95.2 cm³/mol. The number of nitrogens with zero attached hydrogens (tertiary/aromatic N) is 1. The number of methoxy groups -OCH3 is 1. The molecule has 128 valence electrons. The Bertz CT molecular complexity index is 581. The Morgan fingerprint density at radius 2 is 1.95 bits per heavy atom. The zero-order valence-electron chi connectivity index (χ0n) is 13.2. The van der Waals surface area contributed by atoms with Gasteiger partial charge in [-0.05, 0) is 30.5 Å². The molecule has 1 aromatic carbocycles. The van der Waals surface area contributed by atoms with Crippen LogP contribution < -0.4 is 10.5 Å². The van der Waals surface area contributed by atoms with Gasteiger partial charge in [0.1, 0.15) is 10.6 Å². The second-order valence-corrected chi connectivity index (χ2v) is 8.25. The number of sulfonamides is 1. The Morgan fingerprint density at radius 1 is 1.36 bits per heavy atom. The maximum Gasteiger partial charge on any atom is 0.246 e. The Balaban J connectivity index is 0.00000441. The minimum Gasteiger partial charge on any atom is -0.495 e. The highest BCUT2D eigenvalue weighted by atomic mass is 79.9. The third-order valence-electron chi connectivity index (χ3n) is 3.45. The molecule has 0 aliphatic heterocycles. The van der Waals surface area contributed by atoms with Gasteiger partial charge >= 0.3 is 0 Å². The van der Waals surface area contributed by atoms with Crippen molar-refractivity contribution >= 4 is 38.4 Å². The molecule has 5 nitrogen and oxygen atoms in total. The average molecular weight is 416 g/mol. The fourth-order valence-electron chi connectivity index (χ4n) is 1.80. The molecule has 2 N–H and O–H groups in total. The molecule has 0 saturated carbocycles. The third kappa shape index (κ3) is 5.38. The van der Waals surface area contributed by atoms with Gasteiger partial charge in [-0.15, -0.1) is 12.4 Å². The lowest BCUT2D eigenvalue weighted by Gasteiger charge is -2.22.